The van der Waals surface area contributed by atoms with Crippen LogP contribution in [0.25, 0.3) is 11.0 Å². The number of hydrogen-bond acceptors (Lipinski definition) is 2. The Balaban J connectivity index is 2.05. The first-order valence-corrected chi connectivity index (χ1v) is 6.97. The third-order valence-corrected chi connectivity index (χ3v) is 4.33. The fourth-order valence-corrected chi connectivity index (χ4v) is 3.00. The van der Waals surface area contributed by atoms with Crippen molar-refractivity contribution < 1.29 is 9.13 Å². The third kappa shape index (κ3) is 2.21. The third-order valence-electron chi connectivity index (χ3n) is 4.00. The van der Waals surface area contributed by atoms with E-state index < -0.39 is 0 Å². The molecule has 0 bridgehead atoms. The zero-order valence-electron chi connectivity index (χ0n) is 11.1. The highest BCUT2D eigenvalue weighted by Crippen LogP contribution is 2.25. The molecule has 0 aliphatic carbocycles. The molecular weight excluding hydrogens is 263 g/mol. The van der Waals surface area contributed by atoms with Gasteiger partial charge in [0.15, 0.2) is 4.77 Å². The molecule has 1 aliphatic heterocycles. The lowest BCUT2D eigenvalue weighted by Crippen LogP contribution is -2.17. The molecule has 2 aromatic rings. The average Bonchev–Trinajstić information content (AvgIpc) is 2.88. The van der Waals surface area contributed by atoms with Crippen molar-refractivity contribution in [1.29, 1.82) is 0 Å². The molecular formula is C14H17FN2OS. The van der Waals surface area contributed by atoms with Crippen LogP contribution in [0, 0.1) is 23.4 Å². The van der Waals surface area contributed by atoms with Crippen molar-refractivity contribution in [2.45, 2.75) is 32.9 Å². The number of H-pyrrole nitrogens is 1. The standard InChI is InChI=1S/C14H17FN2OS/c1-8-5-13-12(6-11(8)15)16-14(19)17(13)7-10-3-4-18-9(10)2/h5-6,9-10H,3-4,7H2,1-2H3,(H,16,19). The van der Waals surface area contributed by atoms with Gasteiger partial charge in [-0.15, -0.1) is 0 Å². The minimum Gasteiger partial charge on any atom is -0.378 e. The highest BCUT2D eigenvalue weighted by atomic mass is 32.1. The van der Waals surface area contributed by atoms with Crippen LogP contribution in [0.1, 0.15) is 18.9 Å². The normalized spacial score (nSPS) is 23.3. The van der Waals surface area contributed by atoms with Crippen molar-refractivity contribution >= 4 is 23.3 Å². The summed E-state index contributed by atoms with van der Waals surface area (Å²) >= 11 is 5.36. The van der Waals surface area contributed by atoms with E-state index in [1.807, 2.05) is 6.07 Å². The van der Waals surface area contributed by atoms with Crippen molar-refractivity contribution in [2.75, 3.05) is 6.61 Å². The first kappa shape index (κ1) is 12.8. The Morgan fingerprint density at radius 1 is 1.53 bits per heavy atom. The highest BCUT2D eigenvalue weighted by molar-refractivity contribution is 7.71. The van der Waals surface area contributed by atoms with Gasteiger partial charge in [-0.05, 0) is 50.2 Å². The van der Waals surface area contributed by atoms with Crippen molar-refractivity contribution in [3.05, 3.63) is 28.3 Å². The number of halogens is 1. The van der Waals surface area contributed by atoms with Gasteiger partial charge in [0.05, 0.1) is 17.1 Å². The number of ether oxygens (including phenoxy) is 1. The van der Waals surface area contributed by atoms with Crippen molar-refractivity contribution in [1.82, 2.24) is 9.55 Å². The minimum atomic E-state index is -0.200. The Labute approximate surface area is 116 Å². The van der Waals surface area contributed by atoms with Crippen LogP contribution in [0.4, 0.5) is 4.39 Å². The number of imidazole rings is 1. The van der Waals surface area contributed by atoms with E-state index >= 15 is 0 Å². The molecule has 5 heteroatoms. The Hall–Kier alpha value is -1.20. The number of fused-ring (bicyclic) bond motifs is 1. The topological polar surface area (TPSA) is 29.9 Å². The molecule has 2 heterocycles. The van der Waals surface area contributed by atoms with E-state index in [1.54, 1.807) is 6.92 Å². The smallest absolute Gasteiger partial charge is 0.178 e. The zero-order valence-corrected chi connectivity index (χ0v) is 11.9. The summed E-state index contributed by atoms with van der Waals surface area (Å²) in [5.41, 5.74) is 2.38. The van der Waals surface area contributed by atoms with E-state index in [1.165, 1.54) is 6.07 Å². The summed E-state index contributed by atoms with van der Waals surface area (Å²) in [5, 5.41) is 0. The Morgan fingerprint density at radius 3 is 3.00 bits per heavy atom. The number of rotatable bonds is 2. The van der Waals surface area contributed by atoms with Gasteiger partial charge in [0, 0.05) is 19.1 Å². The van der Waals surface area contributed by atoms with Gasteiger partial charge in [-0.1, -0.05) is 0 Å². The summed E-state index contributed by atoms with van der Waals surface area (Å²) in [6, 6.07) is 3.38. The van der Waals surface area contributed by atoms with Gasteiger partial charge in [-0.25, -0.2) is 4.39 Å². The molecule has 102 valence electrons. The van der Waals surface area contributed by atoms with Crippen LogP contribution >= 0.6 is 12.2 Å². The molecule has 3 rings (SSSR count). The molecule has 1 fully saturated rings. The molecule has 1 aliphatic rings. The molecule has 0 spiro atoms. The lowest BCUT2D eigenvalue weighted by Gasteiger charge is -2.15. The van der Waals surface area contributed by atoms with Gasteiger partial charge >= 0.3 is 0 Å². The molecule has 1 aromatic carbocycles. The van der Waals surface area contributed by atoms with E-state index in [2.05, 4.69) is 16.5 Å². The van der Waals surface area contributed by atoms with Gasteiger partial charge in [-0.3, -0.25) is 0 Å². The van der Waals surface area contributed by atoms with Crippen LogP contribution in [0.15, 0.2) is 12.1 Å². The Morgan fingerprint density at radius 2 is 2.32 bits per heavy atom. The predicted molar refractivity (Wildman–Crippen MR) is 75.3 cm³/mol. The van der Waals surface area contributed by atoms with Crippen LogP contribution in [0.5, 0.6) is 0 Å². The van der Waals surface area contributed by atoms with Crippen LogP contribution in [0.3, 0.4) is 0 Å². The quantitative estimate of drug-likeness (QED) is 0.852. The summed E-state index contributed by atoms with van der Waals surface area (Å²) in [7, 11) is 0. The van der Waals surface area contributed by atoms with E-state index in [0.29, 0.717) is 16.3 Å². The second kappa shape index (κ2) is 4.72. The van der Waals surface area contributed by atoms with E-state index in [9.17, 15) is 4.39 Å². The van der Waals surface area contributed by atoms with Gasteiger partial charge in [0.25, 0.3) is 0 Å². The van der Waals surface area contributed by atoms with Crippen LogP contribution in [-0.4, -0.2) is 22.3 Å². The molecule has 0 radical (unpaired) electrons. The highest BCUT2D eigenvalue weighted by Gasteiger charge is 2.25. The summed E-state index contributed by atoms with van der Waals surface area (Å²) in [6.07, 6.45) is 1.31. The number of aromatic amines is 1. The molecule has 0 saturated carbocycles. The maximum absolute atomic E-state index is 13.6. The van der Waals surface area contributed by atoms with E-state index in [4.69, 9.17) is 17.0 Å². The number of aryl methyl sites for hydroxylation is 1. The molecule has 3 nitrogen and oxygen atoms in total. The van der Waals surface area contributed by atoms with Gasteiger partial charge < -0.3 is 14.3 Å². The summed E-state index contributed by atoms with van der Waals surface area (Å²) < 4.78 is 21.9. The summed E-state index contributed by atoms with van der Waals surface area (Å²) in [5.74, 6) is 0.268. The first-order chi connectivity index (χ1) is 9.06. The zero-order chi connectivity index (χ0) is 13.6. The molecule has 1 saturated heterocycles. The second-order valence-electron chi connectivity index (χ2n) is 5.28. The van der Waals surface area contributed by atoms with Crippen molar-refractivity contribution in [3.63, 3.8) is 0 Å². The van der Waals surface area contributed by atoms with Gasteiger partial charge in [0.2, 0.25) is 0 Å². The lowest BCUT2D eigenvalue weighted by atomic mass is 10.0. The van der Waals surface area contributed by atoms with E-state index in [0.717, 1.165) is 30.6 Å². The molecule has 0 amide bonds. The maximum atomic E-state index is 13.6. The number of aromatic nitrogens is 2. The van der Waals surface area contributed by atoms with Crippen molar-refractivity contribution in [3.8, 4) is 0 Å². The average molecular weight is 280 g/mol. The minimum absolute atomic E-state index is 0.200. The molecule has 1 aromatic heterocycles. The second-order valence-corrected chi connectivity index (χ2v) is 5.67. The molecule has 2 atom stereocenters. The first-order valence-electron chi connectivity index (χ1n) is 6.56. The van der Waals surface area contributed by atoms with Crippen LogP contribution in [0.2, 0.25) is 0 Å². The molecule has 19 heavy (non-hydrogen) atoms. The number of nitrogens with one attached hydrogen (secondary N) is 1. The Kier molecular flexibility index (Phi) is 3.19. The largest absolute Gasteiger partial charge is 0.378 e. The fourth-order valence-electron chi connectivity index (χ4n) is 2.71. The maximum Gasteiger partial charge on any atom is 0.178 e. The van der Waals surface area contributed by atoms with Gasteiger partial charge in [0.1, 0.15) is 5.82 Å². The predicted octanol–water partition coefficient (Wildman–Crippen LogP) is 3.57. The summed E-state index contributed by atoms with van der Waals surface area (Å²) in [4.78, 5) is 3.08. The SMILES string of the molecule is Cc1cc2c(cc1F)[nH]c(=S)n2CC1CCOC1C. The van der Waals surface area contributed by atoms with Crippen molar-refractivity contribution in [2.24, 2.45) is 5.92 Å². The van der Waals surface area contributed by atoms with Crippen LogP contribution in [-0.2, 0) is 11.3 Å². The molecule has 1 N–H and O–H groups in total. The van der Waals surface area contributed by atoms with Crippen LogP contribution < -0.4 is 0 Å². The molecule has 2 unspecified atom stereocenters. The Bertz CT molecular complexity index is 676. The number of hydrogen-bond donors (Lipinski definition) is 1. The number of nitrogens with zero attached hydrogens (tertiary/aromatic N) is 1. The van der Waals surface area contributed by atoms with E-state index in [-0.39, 0.29) is 11.9 Å². The monoisotopic (exact) mass is 280 g/mol. The summed E-state index contributed by atoms with van der Waals surface area (Å²) in [6.45, 7) is 5.51. The number of benzene rings is 1. The fraction of sp³-hybridized carbons (Fsp3) is 0.500. The van der Waals surface area contributed by atoms with Gasteiger partial charge in [-0.2, -0.15) is 0 Å². The lowest BCUT2D eigenvalue weighted by molar-refractivity contribution is 0.102.